The smallest absolute Gasteiger partial charge is 0.166 e. The van der Waals surface area contributed by atoms with Gasteiger partial charge in [0.2, 0.25) is 0 Å². The van der Waals surface area contributed by atoms with E-state index < -0.39 is 0 Å². The van der Waals surface area contributed by atoms with Crippen LogP contribution < -0.4 is 5.32 Å². The Labute approximate surface area is 126 Å². The van der Waals surface area contributed by atoms with Crippen LogP contribution in [0.2, 0.25) is 10.0 Å². The number of hydrogen-bond acceptors (Lipinski definition) is 2. The lowest BCUT2D eigenvalue weighted by Crippen LogP contribution is -2.09. The molecule has 2 rings (SSSR count). The Balaban J connectivity index is 1.90. The third kappa shape index (κ3) is 3.95. The first-order valence-electron chi connectivity index (χ1n) is 6.04. The van der Waals surface area contributed by atoms with E-state index in [9.17, 15) is 9.18 Å². The Morgan fingerprint density at radius 3 is 2.45 bits per heavy atom. The molecule has 0 spiro atoms. The number of rotatable bonds is 5. The van der Waals surface area contributed by atoms with E-state index in [-0.39, 0.29) is 11.6 Å². The van der Waals surface area contributed by atoms with Gasteiger partial charge in [-0.15, -0.1) is 0 Å². The van der Waals surface area contributed by atoms with Gasteiger partial charge < -0.3 is 5.32 Å². The first-order chi connectivity index (χ1) is 9.56. The van der Waals surface area contributed by atoms with Crippen LogP contribution in [0.15, 0.2) is 42.5 Å². The second-order valence-electron chi connectivity index (χ2n) is 4.23. The number of Topliss-reactive ketones (excluding diaryl/α,β-unsaturated/α-hetero) is 1. The molecule has 5 heteroatoms. The molecule has 0 aliphatic carbocycles. The molecule has 0 saturated carbocycles. The maximum Gasteiger partial charge on any atom is 0.166 e. The Hall–Kier alpha value is -1.58. The summed E-state index contributed by atoms with van der Waals surface area (Å²) in [6.07, 6.45) is 0.290. The Morgan fingerprint density at radius 2 is 1.80 bits per heavy atom. The Morgan fingerprint density at radius 1 is 1.10 bits per heavy atom. The van der Waals surface area contributed by atoms with E-state index in [0.29, 0.717) is 28.6 Å². The average molecular weight is 312 g/mol. The lowest BCUT2D eigenvalue weighted by Gasteiger charge is -2.07. The highest BCUT2D eigenvalue weighted by atomic mass is 35.5. The molecule has 0 heterocycles. The Kier molecular flexibility index (Phi) is 4.99. The predicted octanol–water partition coefficient (Wildman–Crippen LogP) is 4.82. The number of ketones is 1. The van der Waals surface area contributed by atoms with Gasteiger partial charge in [0.05, 0.1) is 5.02 Å². The zero-order valence-electron chi connectivity index (χ0n) is 10.5. The lowest BCUT2D eigenvalue weighted by atomic mass is 10.1. The van der Waals surface area contributed by atoms with Crippen molar-refractivity contribution in [2.45, 2.75) is 6.42 Å². The molecule has 0 bridgehead atoms. The summed E-state index contributed by atoms with van der Waals surface area (Å²) in [6, 6.07) is 10.8. The van der Waals surface area contributed by atoms with Gasteiger partial charge in [0.15, 0.2) is 5.78 Å². The minimum absolute atomic E-state index is 0.0683. The molecule has 0 amide bonds. The maximum absolute atomic E-state index is 12.7. The standard InChI is InChI=1S/C15H12Cl2FNO/c16-10-1-6-13(14(17)9-10)15(20)7-8-19-12-4-2-11(18)3-5-12/h1-6,9,19H,7-8H2. The van der Waals surface area contributed by atoms with Crippen LogP contribution in [0.4, 0.5) is 10.1 Å². The van der Waals surface area contributed by atoms with Crippen molar-refractivity contribution in [2.75, 3.05) is 11.9 Å². The first kappa shape index (κ1) is 14.8. The van der Waals surface area contributed by atoms with Crippen molar-refractivity contribution in [2.24, 2.45) is 0 Å². The molecule has 20 heavy (non-hydrogen) atoms. The largest absolute Gasteiger partial charge is 0.385 e. The zero-order chi connectivity index (χ0) is 14.5. The molecular formula is C15H12Cl2FNO. The highest BCUT2D eigenvalue weighted by Crippen LogP contribution is 2.22. The topological polar surface area (TPSA) is 29.1 Å². The van der Waals surface area contributed by atoms with Crippen LogP contribution >= 0.6 is 23.2 Å². The molecular weight excluding hydrogens is 300 g/mol. The van der Waals surface area contributed by atoms with Crippen LogP contribution in [-0.4, -0.2) is 12.3 Å². The minimum atomic E-state index is -0.292. The van der Waals surface area contributed by atoms with E-state index in [2.05, 4.69) is 5.32 Å². The molecule has 0 aliphatic heterocycles. The van der Waals surface area contributed by atoms with Gasteiger partial charge in [-0.1, -0.05) is 23.2 Å². The van der Waals surface area contributed by atoms with Gasteiger partial charge in [0, 0.05) is 29.2 Å². The van der Waals surface area contributed by atoms with Gasteiger partial charge in [-0.05, 0) is 42.5 Å². The van der Waals surface area contributed by atoms with E-state index in [1.807, 2.05) is 0 Å². The second-order valence-corrected chi connectivity index (χ2v) is 5.07. The van der Waals surface area contributed by atoms with Crippen LogP contribution in [0.1, 0.15) is 16.8 Å². The average Bonchev–Trinajstić information content (AvgIpc) is 2.41. The third-order valence-electron chi connectivity index (χ3n) is 2.76. The summed E-state index contributed by atoms with van der Waals surface area (Å²) in [5.41, 5.74) is 1.22. The van der Waals surface area contributed by atoms with Crippen LogP contribution in [0.25, 0.3) is 0 Å². The van der Waals surface area contributed by atoms with Gasteiger partial charge in [-0.3, -0.25) is 4.79 Å². The number of carbonyl (C=O) groups is 1. The van der Waals surface area contributed by atoms with Crippen molar-refractivity contribution < 1.29 is 9.18 Å². The van der Waals surface area contributed by atoms with Gasteiger partial charge in [-0.2, -0.15) is 0 Å². The molecule has 0 atom stereocenters. The minimum Gasteiger partial charge on any atom is -0.385 e. The molecule has 0 saturated heterocycles. The molecule has 0 aromatic heterocycles. The SMILES string of the molecule is O=C(CCNc1ccc(F)cc1)c1ccc(Cl)cc1Cl. The predicted molar refractivity (Wildman–Crippen MR) is 80.3 cm³/mol. The quantitative estimate of drug-likeness (QED) is 0.802. The molecule has 0 radical (unpaired) electrons. The summed E-state index contributed by atoms with van der Waals surface area (Å²) in [5, 5.41) is 3.89. The lowest BCUT2D eigenvalue weighted by molar-refractivity contribution is 0.0986. The highest BCUT2D eigenvalue weighted by molar-refractivity contribution is 6.36. The van der Waals surface area contributed by atoms with Crippen molar-refractivity contribution >= 4 is 34.7 Å². The van der Waals surface area contributed by atoms with Gasteiger partial charge in [-0.25, -0.2) is 4.39 Å². The third-order valence-corrected chi connectivity index (χ3v) is 3.30. The summed E-state index contributed by atoms with van der Waals surface area (Å²) in [7, 11) is 0. The summed E-state index contributed by atoms with van der Waals surface area (Å²) in [6.45, 7) is 0.448. The number of anilines is 1. The van der Waals surface area contributed by atoms with Crippen LogP contribution in [-0.2, 0) is 0 Å². The van der Waals surface area contributed by atoms with E-state index in [1.54, 1.807) is 30.3 Å². The molecule has 0 unspecified atom stereocenters. The first-order valence-corrected chi connectivity index (χ1v) is 6.79. The van der Waals surface area contributed by atoms with Gasteiger partial charge in [0.1, 0.15) is 5.82 Å². The number of nitrogens with one attached hydrogen (secondary N) is 1. The van der Waals surface area contributed by atoms with Gasteiger partial charge >= 0.3 is 0 Å². The fourth-order valence-corrected chi connectivity index (χ4v) is 2.25. The summed E-state index contributed by atoms with van der Waals surface area (Å²) in [4.78, 5) is 12.0. The number of carbonyl (C=O) groups excluding carboxylic acids is 1. The van der Waals surface area contributed by atoms with Crippen LogP contribution in [0.3, 0.4) is 0 Å². The molecule has 104 valence electrons. The van der Waals surface area contributed by atoms with Crippen molar-refractivity contribution in [1.29, 1.82) is 0 Å². The molecule has 0 aliphatic rings. The van der Waals surface area contributed by atoms with Crippen molar-refractivity contribution in [3.63, 3.8) is 0 Å². The molecule has 2 aromatic rings. The van der Waals surface area contributed by atoms with E-state index in [4.69, 9.17) is 23.2 Å². The molecule has 2 nitrogen and oxygen atoms in total. The van der Waals surface area contributed by atoms with Crippen LogP contribution in [0.5, 0.6) is 0 Å². The Bertz CT molecular complexity index is 614. The molecule has 1 N–H and O–H groups in total. The molecule has 0 fully saturated rings. The number of hydrogen-bond donors (Lipinski definition) is 1. The highest BCUT2D eigenvalue weighted by Gasteiger charge is 2.10. The zero-order valence-corrected chi connectivity index (χ0v) is 12.0. The summed E-state index contributed by atoms with van der Waals surface area (Å²) >= 11 is 11.8. The maximum atomic E-state index is 12.7. The fraction of sp³-hybridized carbons (Fsp3) is 0.133. The van der Waals surface area contributed by atoms with Crippen molar-refractivity contribution in [1.82, 2.24) is 0 Å². The molecule has 2 aromatic carbocycles. The summed E-state index contributed by atoms with van der Waals surface area (Å²) < 4.78 is 12.7. The number of halogens is 3. The fourth-order valence-electron chi connectivity index (χ4n) is 1.74. The monoisotopic (exact) mass is 311 g/mol. The summed E-state index contributed by atoms with van der Waals surface area (Å²) in [5.74, 6) is -0.360. The van der Waals surface area contributed by atoms with Gasteiger partial charge in [0.25, 0.3) is 0 Å². The van der Waals surface area contributed by atoms with E-state index >= 15 is 0 Å². The van der Waals surface area contributed by atoms with Crippen LogP contribution in [0, 0.1) is 5.82 Å². The van der Waals surface area contributed by atoms with Crippen molar-refractivity contribution in [3.05, 3.63) is 63.9 Å². The second kappa shape index (κ2) is 6.73. The van der Waals surface area contributed by atoms with Crippen molar-refractivity contribution in [3.8, 4) is 0 Å². The number of benzene rings is 2. The van der Waals surface area contributed by atoms with E-state index in [1.165, 1.54) is 12.1 Å². The van der Waals surface area contributed by atoms with E-state index in [0.717, 1.165) is 5.69 Å². The normalized spacial score (nSPS) is 10.3.